The monoisotopic (exact) mass is 508 g/mol. The molecule has 186 valence electrons. The highest BCUT2D eigenvalue weighted by atomic mass is 32.2. The lowest BCUT2D eigenvalue weighted by Gasteiger charge is -2.31. The van der Waals surface area contributed by atoms with Crippen molar-refractivity contribution in [2.45, 2.75) is 42.5 Å². The Bertz CT molecular complexity index is 1080. The van der Waals surface area contributed by atoms with E-state index in [1.54, 1.807) is 24.3 Å². The van der Waals surface area contributed by atoms with Gasteiger partial charge in [0.2, 0.25) is 15.9 Å². The fourth-order valence-corrected chi connectivity index (χ4v) is 6.32. The largest absolute Gasteiger partial charge is 0.376 e. The van der Waals surface area contributed by atoms with E-state index in [0.29, 0.717) is 37.2 Å². The lowest BCUT2D eigenvalue weighted by molar-refractivity contribution is -0.119. The van der Waals surface area contributed by atoms with Crippen LogP contribution in [0.5, 0.6) is 0 Å². The van der Waals surface area contributed by atoms with Crippen LogP contribution in [0.2, 0.25) is 0 Å². The highest BCUT2D eigenvalue weighted by Crippen LogP contribution is 2.26. The van der Waals surface area contributed by atoms with E-state index in [4.69, 9.17) is 4.74 Å². The van der Waals surface area contributed by atoms with Crippen LogP contribution in [-0.4, -0.2) is 96.5 Å². The molecular formula is C22H32N6O4S2. The predicted molar refractivity (Wildman–Crippen MR) is 130 cm³/mol. The summed E-state index contributed by atoms with van der Waals surface area (Å²) in [5.41, 5.74) is 0.779. The van der Waals surface area contributed by atoms with Crippen molar-refractivity contribution in [1.82, 2.24) is 29.3 Å². The molecule has 2 fully saturated rings. The van der Waals surface area contributed by atoms with Crippen molar-refractivity contribution in [1.29, 1.82) is 0 Å². The topological polar surface area (TPSA) is 110 Å². The minimum Gasteiger partial charge on any atom is -0.376 e. The van der Waals surface area contributed by atoms with E-state index in [1.165, 1.54) is 16.1 Å². The van der Waals surface area contributed by atoms with Crippen molar-refractivity contribution in [2.24, 2.45) is 0 Å². The Morgan fingerprint density at radius 3 is 2.56 bits per heavy atom. The molecule has 0 radical (unpaired) electrons. The van der Waals surface area contributed by atoms with E-state index in [0.717, 1.165) is 38.1 Å². The first-order valence-electron chi connectivity index (χ1n) is 11.6. The number of piperazine rings is 1. The number of carbonyl (C=O) groups excluding carboxylic acids is 1. The molecule has 0 spiro atoms. The molecule has 2 aliphatic heterocycles. The molecule has 1 aromatic heterocycles. The van der Waals surface area contributed by atoms with Gasteiger partial charge < -0.3 is 19.5 Å². The third kappa shape index (κ3) is 5.80. The molecule has 3 heterocycles. The Labute approximate surface area is 205 Å². The average Bonchev–Trinajstić information content (AvgIpc) is 3.51. The van der Waals surface area contributed by atoms with Gasteiger partial charge in [0.05, 0.1) is 16.8 Å². The number of carbonyl (C=O) groups is 1. The van der Waals surface area contributed by atoms with E-state index in [9.17, 15) is 13.2 Å². The third-order valence-electron chi connectivity index (χ3n) is 6.13. The highest BCUT2D eigenvalue weighted by Gasteiger charge is 2.27. The van der Waals surface area contributed by atoms with Crippen LogP contribution in [0, 0.1) is 0 Å². The Hall–Kier alpha value is -1.99. The zero-order valence-corrected chi connectivity index (χ0v) is 21.3. The number of benzene rings is 1. The molecule has 0 unspecified atom stereocenters. The second kappa shape index (κ2) is 11.2. The number of hydrogen-bond acceptors (Lipinski definition) is 8. The molecule has 1 atom stereocenters. The summed E-state index contributed by atoms with van der Waals surface area (Å²) in [6.07, 6.45) is 2.14. The highest BCUT2D eigenvalue weighted by molar-refractivity contribution is 7.99. The molecule has 1 N–H and O–H groups in total. The summed E-state index contributed by atoms with van der Waals surface area (Å²) in [6, 6.07) is 6.79. The lowest BCUT2D eigenvalue weighted by Crippen LogP contribution is -2.46. The third-order valence-corrected chi connectivity index (χ3v) is 9.01. The van der Waals surface area contributed by atoms with Gasteiger partial charge in [-0.05, 0) is 51.1 Å². The van der Waals surface area contributed by atoms with Crippen molar-refractivity contribution >= 4 is 27.7 Å². The first-order chi connectivity index (χ1) is 16.4. The lowest BCUT2D eigenvalue weighted by atomic mass is 10.2. The molecular weight excluding hydrogens is 476 g/mol. The quantitative estimate of drug-likeness (QED) is 0.505. The van der Waals surface area contributed by atoms with Gasteiger partial charge in [0, 0.05) is 51.4 Å². The van der Waals surface area contributed by atoms with Gasteiger partial charge in [-0.15, -0.1) is 10.2 Å². The van der Waals surface area contributed by atoms with E-state index in [-0.39, 0.29) is 22.7 Å². The zero-order chi connectivity index (χ0) is 24.1. The number of rotatable bonds is 9. The SMILES string of the molecule is CCn1c(SCC(=O)NC[C@H]2CCCO2)nnc1-c1ccc(S(=O)(=O)N2CCN(C)CC2)cc1. The normalized spacial score (nSPS) is 20.0. The summed E-state index contributed by atoms with van der Waals surface area (Å²) >= 11 is 1.33. The van der Waals surface area contributed by atoms with Gasteiger partial charge in [0.15, 0.2) is 11.0 Å². The summed E-state index contributed by atoms with van der Waals surface area (Å²) in [6.45, 7) is 6.35. The second-order valence-electron chi connectivity index (χ2n) is 8.51. The van der Waals surface area contributed by atoms with Gasteiger partial charge in [-0.2, -0.15) is 4.31 Å². The van der Waals surface area contributed by atoms with Crippen molar-refractivity contribution in [3.63, 3.8) is 0 Å². The summed E-state index contributed by atoms with van der Waals surface area (Å²) < 4.78 is 35.0. The molecule has 4 rings (SSSR count). The molecule has 1 amide bonds. The van der Waals surface area contributed by atoms with Crippen LogP contribution in [0.15, 0.2) is 34.3 Å². The maximum atomic E-state index is 13.0. The minimum atomic E-state index is -3.52. The number of ether oxygens (including phenoxy) is 1. The molecule has 34 heavy (non-hydrogen) atoms. The van der Waals surface area contributed by atoms with Crippen molar-refractivity contribution in [3.05, 3.63) is 24.3 Å². The number of hydrogen-bond donors (Lipinski definition) is 1. The Morgan fingerprint density at radius 2 is 1.91 bits per heavy atom. The second-order valence-corrected chi connectivity index (χ2v) is 11.4. The standard InChI is InChI=1S/C22H32N6O4S2/c1-3-28-21(24-25-22(28)33-16-20(29)23-15-18-5-4-14-32-18)17-6-8-19(9-7-17)34(30,31)27-12-10-26(2)11-13-27/h6-9,18H,3-5,10-16H2,1-2H3,(H,23,29)/t18-/m1/s1. The van der Waals surface area contributed by atoms with Crippen LogP contribution >= 0.6 is 11.8 Å². The van der Waals surface area contributed by atoms with Crippen LogP contribution in [0.3, 0.4) is 0 Å². The average molecular weight is 509 g/mol. The summed E-state index contributed by atoms with van der Waals surface area (Å²) in [5.74, 6) is 0.826. The van der Waals surface area contributed by atoms with Gasteiger partial charge >= 0.3 is 0 Å². The molecule has 2 aliphatic rings. The van der Waals surface area contributed by atoms with Crippen molar-refractivity contribution in [2.75, 3.05) is 52.1 Å². The smallest absolute Gasteiger partial charge is 0.243 e. The molecule has 0 bridgehead atoms. The Kier molecular flexibility index (Phi) is 8.25. The van der Waals surface area contributed by atoms with Crippen LogP contribution in [-0.2, 0) is 26.1 Å². The Morgan fingerprint density at radius 1 is 1.18 bits per heavy atom. The van der Waals surface area contributed by atoms with Gasteiger partial charge in [-0.3, -0.25) is 4.79 Å². The van der Waals surface area contributed by atoms with E-state index >= 15 is 0 Å². The number of nitrogens with one attached hydrogen (secondary N) is 1. The van der Waals surface area contributed by atoms with Gasteiger partial charge in [0.1, 0.15) is 0 Å². The van der Waals surface area contributed by atoms with Gasteiger partial charge in [-0.1, -0.05) is 11.8 Å². The molecule has 2 aromatic rings. The molecule has 1 aromatic carbocycles. The van der Waals surface area contributed by atoms with Crippen LogP contribution in [0.4, 0.5) is 0 Å². The summed E-state index contributed by atoms with van der Waals surface area (Å²) in [4.78, 5) is 14.6. The van der Waals surface area contributed by atoms with Crippen LogP contribution in [0.25, 0.3) is 11.4 Å². The molecule has 0 saturated carbocycles. The molecule has 0 aliphatic carbocycles. The van der Waals surface area contributed by atoms with E-state index < -0.39 is 10.0 Å². The van der Waals surface area contributed by atoms with E-state index in [1.807, 2.05) is 18.5 Å². The van der Waals surface area contributed by atoms with Crippen molar-refractivity contribution in [3.8, 4) is 11.4 Å². The van der Waals surface area contributed by atoms with Gasteiger partial charge in [-0.25, -0.2) is 8.42 Å². The minimum absolute atomic E-state index is 0.0637. The Balaban J connectivity index is 1.39. The number of likely N-dealkylation sites (N-methyl/N-ethyl adjacent to an activating group) is 1. The fourth-order valence-electron chi connectivity index (χ4n) is 4.06. The molecule has 12 heteroatoms. The zero-order valence-electron chi connectivity index (χ0n) is 19.6. The number of nitrogens with zero attached hydrogens (tertiary/aromatic N) is 5. The molecule has 2 saturated heterocycles. The summed E-state index contributed by atoms with van der Waals surface area (Å²) in [7, 11) is -1.53. The first-order valence-corrected chi connectivity index (χ1v) is 14.0. The maximum Gasteiger partial charge on any atom is 0.243 e. The number of sulfonamides is 1. The predicted octanol–water partition coefficient (Wildman–Crippen LogP) is 1.29. The number of aromatic nitrogens is 3. The molecule has 10 nitrogen and oxygen atoms in total. The number of amides is 1. The first kappa shape index (κ1) is 25.1. The van der Waals surface area contributed by atoms with Crippen LogP contribution < -0.4 is 5.32 Å². The summed E-state index contributed by atoms with van der Waals surface area (Å²) in [5, 5.41) is 12.1. The fraction of sp³-hybridized carbons (Fsp3) is 0.591. The maximum absolute atomic E-state index is 13.0. The van der Waals surface area contributed by atoms with Crippen LogP contribution in [0.1, 0.15) is 19.8 Å². The van der Waals surface area contributed by atoms with E-state index in [2.05, 4.69) is 20.4 Å². The number of thioether (sulfide) groups is 1. The van der Waals surface area contributed by atoms with Crippen molar-refractivity contribution < 1.29 is 17.9 Å². The van der Waals surface area contributed by atoms with Gasteiger partial charge in [0.25, 0.3) is 0 Å².